The third-order valence-electron chi connectivity index (χ3n) is 4.72. The van der Waals surface area contributed by atoms with Crippen molar-refractivity contribution in [1.29, 1.82) is 0 Å². The fourth-order valence-corrected chi connectivity index (χ4v) is 3.58. The largest absolute Gasteiger partial charge is 0.370 e. The van der Waals surface area contributed by atoms with Gasteiger partial charge in [-0.25, -0.2) is 4.98 Å². The fourth-order valence-electron chi connectivity index (χ4n) is 3.58. The molecule has 1 fully saturated rings. The number of nitrogens with one attached hydrogen (secondary N) is 2. The van der Waals surface area contributed by atoms with E-state index in [1.807, 2.05) is 0 Å². The van der Waals surface area contributed by atoms with Gasteiger partial charge in [-0.3, -0.25) is 4.79 Å². The monoisotopic (exact) mass is 277 g/mol. The molecule has 2 N–H and O–H groups in total. The Morgan fingerprint density at radius 2 is 2.30 bits per heavy atom. The Morgan fingerprint density at radius 3 is 3.05 bits per heavy atom. The summed E-state index contributed by atoms with van der Waals surface area (Å²) in [7, 11) is 1.73. The molecule has 5 heteroatoms. The third-order valence-corrected chi connectivity index (χ3v) is 4.72. The van der Waals surface area contributed by atoms with E-state index in [1.54, 1.807) is 7.11 Å². The van der Waals surface area contributed by atoms with Crippen LogP contribution in [0.1, 0.15) is 49.7 Å². The number of aromatic nitrogens is 2. The highest BCUT2D eigenvalue weighted by Crippen LogP contribution is 2.40. The number of aromatic amines is 1. The van der Waals surface area contributed by atoms with Crippen molar-refractivity contribution in [3.8, 4) is 0 Å². The Morgan fingerprint density at radius 1 is 1.45 bits per heavy atom. The summed E-state index contributed by atoms with van der Waals surface area (Å²) in [5, 5.41) is 3.28. The minimum Gasteiger partial charge on any atom is -0.370 e. The van der Waals surface area contributed by atoms with Gasteiger partial charge < -0.3 is 15.0 Å². The van der Waals surface area contributed by atoms with Gasteiger partial charge in [0, 0.05) is 19.2 Å². The van der Waals surface area contributed by atoms with E-state index in [4.69, 9.17) is 9.72 Å². The maximum absolute atomic E-state index is 12.3. The van der Waals surface area contributed by atoms with Crippen molar-refractivity contribution in [3.05, 3.63) is 27.4 Å². The molecule has 0 bridgehead atoms. The lowest BCUT2D eigenvalue weighted by Gasteiger charge is -2.38. The predicted molar refractivity (Wildman–Crippen MR) is 76.6 cm³/mol. The normalized spacial score (nSPS) is 30.0. The molecule has 1 aromatic heterocycles. The quantitative estimate of drug-likeness (QED) is 0.859. The zero-order chi connectivity index (χ0) is 14.2. The Kier molecular flexibility index (Phi) is 3.65. The maximum Gasteiger partial charge on any atom is 0.254 e. The molecule has 1 aromatic rings. The van der Waals surface area contributed by atoms with Crippen molar-refractivity contribution in [3.63, 3.8) is 0 Å². The molecule has 110 valence electrons. The number of hydrogen-bond acceptors (Lipinski definition) is 4. The van der Waals surface area contributed by atoms with Gasteiger partial charge in [-0.1, -0.05) is 13.3 Å². The van der Waals surface area contributed by atoms with E-state index in [-0.39, 0.29) is 5.56 Å². The summed E-state index contributed by atoms with van der Waals surface area (Å²) in [5.41, 5.74) is 1.33. The van der Waals surface area contributed by atoms with Gasteiger partial charge in [0.15, 0.2) is 0 Å². The predicted octanol–water partition coefficient (Wildman–Crippen LogP) is 1.47. The highest BCUT2D eigenvalue weighted by atomic mass is 16.5. The molecule has 1 saturated carbocycles. The van der Waals surface area contributed by atoms with Crippen LogP contribution in [0.4, 0.5) is 0 Å². The average molecular weight is 277 g/mol. The number of rotatable bonds is 2. The maximum atomic E-state index is 12.3. The zero-order valence-corrected chi connectivity index (χ0v) is 12.3. The number of hydrogen-bond donors (Lipinski definition) is 2. The smallest absolute Gasteiger partial charge is 0.254 e. The first-order valence-corrected chi connectivity index (χ1v) is 7.53. The van der Waals surface area contributed by atoms with Gasteiger partial charge in [0.05, 0.1) is 5.69 Å². The van der Waals surface area contributed by atoms with Crippen LogP contribution in [0.5, 0.6) is 0 Å². The van der Waals surface area contributed by atoms with Crippen molar-refractivity contribution < 1.29 is 4.74 Å². The average Bonchev–Trinajstić information content (AvgIpc) is 2.47. The summed E-state index contributed by atoms with van der Waals surface area (Å²) in [6.07, 6.45) is 4.96. The topological polar surface area (TPSA) is 67.0 Å². The Labute approximate surface area is 119 Å². The molecule has 1 aliphatic carbocycles. The highest BCUT2D eigenvalue weighted by Gasteiger charge is 2.39. The second kappa shape index (κ2) is 5.30. The summed E-state index contributed by atoms with van der Waals surface area (Å²) < 4.78 is 5.83. The van der Waals surface area contributed by atoms with E-state index in [0.29, 0.717) is 12.5 Å². The lowest BCUT2D eigenvalue weighted by atomic mass is 9.78. The summed E-state index contributed by atoms with van der Waals surface area (Å²) in [6, 6.07) is 0. The first kappa shape index (κ1) is 13.8. The van der Waals surface area contributed by atoms with Crippen LogP contribution in [0.25, 0.3) is 0 Å². The number of fused-ring (bicyclic) bond motifs is 1. The molecular formula is C15H23N3O2. The zero-order valence-electron chi connectivity index (χ0n) is 12.3. The van der Waals surface area contributed by atoms with Gasteiger partial charge in [-0.2, -0.15) is 0 Å². The molecule has 0 saturated heterocycles. The van der Waals surface area contributed by atoms with Crippen molar-refractivity contribution in [2.24, 2.45) is 5.92 Å². The van der Waals surface area contributed by atoms with Crippen molar-refractivity contribution >= 4 is 0 Å². The van der Waals surface area contributed by atoms with Gasteiger partial charge in [0.25, 0.3) is 5.56 Å². The molecule has 2 heterocycles. The summed E-state index contributed by atoms with van der Waals surface area (Å²) in [4.78, 5) is 20.0. The number of H-pyrrole nitrogens is 1. The molecule has 0 amide bonds. The molecule has 20 heavy (non-hydrogen) atoms. The van der Waals surface area contributed by atoms with Crippen LogP contribution in [-0.4, -0.2) is 23.6 Å². The standard InChI is InChI=1S/C15H23N3O2/c1-10-4-3-6-15(8-10,20-2)14-17-12-9-16-7-5-11(12)13(19)18-14/h10,16H,3-9H2,1-2H3,(H,17,18,19). The van der Waals surface area contributed by atoms with Crippen LogP contribution in [0.15, 0.2) is 4.79 Å². The lowest BCUT2D eigenvalue weighted by molar-refractivity contribution is -0.0650. The van der Waals surface area contributed by atoms with Crippen molar-refractivity contribution in [1.82, 2.24) is 15.3 Å². The minimum absolute atomic E-state index is 0.0150. The molecule has 0 aromatic carbocycles. The van der Waals surface area contributed by atoms with Gasteiger partial charge >= 0.3 is 0 Å². The fraction of sp³-hybridized carbons (Fsp3) is 0.733. The minimum atomic E-state index is -0.413. The molecule has 2 atom stereocenters. The van der Waals surface area contributed by atoms with E-state index < -0.39 is 5.60 Å². The van der Waals surface area contributed by atoms with Crippen LogP contribution in [0.3, 0.4) is 0 Å². The van der Waals surface area contributed by atoms with Crippen molar-refractivity contribution in [2.75, 3.05) is 13.7 Å². The van der Waals surface area contributed by atoms with Crippen LogP contribution < -0.4 is 10.9 Å². The van der Waals surface area contributed by atoms with Gasteiger partial charge in [-0.05, 0) is 38.1 Å². The molecule has 2 unspecified atom stereocenters. The second-order valence-electron chi connectivity index (χ2n) is 6.17. The van der Waals surface area contributed by atoms with Crippen molar-refractivity contribution in [2.45, 2.75) is 51.2 Å². The number of nitrogens with zero attached hydrogens (tertiary/aromatic N) is 1. The third kappa shape index (κ3) is 2.29. The SMILES string of the molecule is COC1(c2nc3c(c(=O)[nH]2)CCNC3)CCCC(C)C1. The molecule has 2 aliphatic rings. The lowest BCUT2D eigenvalue weighted by Crippen LogP contribution is -2.40. The molecule has 3 rings (SSSR count). The molecule has 0 radical (unpaired) electrons. The van der Waals surface area contributed by atoms with E-state index in [9.17, 15) is 4.79 Å². The molecule has 5 nitrogen and oxygen atoms in total. The summed E-state index contributed by atoms with van der Waals surface area (Å²) >= 11 is 0. The highest BCUT2D eigenvalue weighted by molar-refractivity contribution is 5.22. The summed E-state index contributed by atoms with van der Waals surface area (Å²) in [6.45, 7) is 3.77. The Hall–Kier alpha value is -1.20. The molecular weight excluding hydrogens is 254 g/mol. The van der Waals surface area contributed by atoms with E-state index in [0.717, 1.165) is 49.3 Å². The van der Waals surface area contributed by atoms with Crippen LogP contribution >= 0.6 is 0 Å². The molecule has 0 spiro atoms. The van der Waals surface area contributed by atoms with E-state index >= 15 is 0 Å². The first-order chi connectivity index (χ1) is 9.64. The van der Waals surface area contributed by atoms with E-state index in [1.165, 1.54) is 6.42 Å². The second-order valence-corrected chi connectivity index (χ2v) is 6.17. The molecule has 1 aliphatic heterocycles. The van der Waals surface area contributed by atoms with Gasteiger partial charge in [0.2, 0.25) is 0 Å². The number of ether oxygens (including phenoxy) is 1. The van der Waals surface area contributed by atoms with Crippen LogP contribution in [0, 0.1) is 5.92 Å². The van der Waals surface area contributed by atoms with E-state index in [2.05, 4.69) is 17.2 Å². The first-order valence-electron chi connectivity index (χ1n) is 7.53. The Balaban J connectivity index is 2.04. The number of methoxy groups -OCH3 is 1. The van der Waals surface area contributed by atoms with Gasteiger partial charge in [-0.15, -0.1) is 0 Å². The van der Waals surface area contributed by atoms with Crippen LogP contribution in [0.2, 0.25) is 0 Å². The summed E-state index contributed by atoms with van der Waals surface area (Å²) in [5.74, 6) is 1.32. The van der Waals surface area contributed by atoms with Gasteiger partial charge in [0.1, 0.15) is 11.4 Å². The Bertz CT molecular complexity index is 555. The van der Waals surface area contributed by atoms with Crippen LogP contribution in [-0.2, 0) is 23.3 Å².